The average molecular weight is 345 g/mol. The fourth-order valence-electron chi connectivity index (χ4n) is 3.26. The molecule has 1 aliphatic rings. The van der Waals surface area contributed by atoms with Crippen LogP contribution in [0.15, 0.2) is 36.5 Å². The van der Waals surface area contributed by atoms with Crippen molar-refractivity contribution in [3.8, 4) is 0 Å². The summed E-state index contributed by atoms with van der Waals surface area (Å²) < 4.78 is 28.9. The Labute approximate surface area is 140 Å². The lowest BCUT2D eigenvalue weighted by Crippen LogP contribution is -2.25. The second-order valence-electron chi connectivity index (χ2n) is 5.85. The van der Waals surface area contributed by atoms with Crippen molar-refractivity contribution < 1.29 is 13.7 Å². The van der Waals surface area contributed by atoms with Gasteiger partial charge in [0.15, 0.2) is 5.82 Å². The van der Waals surface area contributed by atoms with Crippen LogP contribution in [0.1, 0.15) is 24.4 Å². The Morgan fingerprint density at radius 1 is 1.24 bits per heavy atom. The Morgan fingerprint density at radius 2 is 2.08 bits per heavy atom. The zero-order valence-corrected chi connectivity index (χ0v) is 13.0. The highest BCUT2D eigenvalue weighted by molar-refractivity contribution is 5.51. The molecular formula is C16H13F2N5O2. The van der Waals surface area contributed by atoms with Crippen LogP contribution in [0.3, 0.4) is 0 Å². The normalized spacial score (nSPS) is 17.4. The quantitative estimate of drug-likeness (QED) is 0.538. The van der Waals surface area contributed by atoms with Crippen LogP contribution < -0.4 is 4.90 Å². The second kappa shape index (κ2) is 5.76. The van der Waals surface area contributed by atoms with E-state index in [1.165, 1.54) is 6.07 Å². The number of nitrogens with zero attached hydrogens (tertiary/aromatic N) is 5. The summed E-state index contributed by atoms with van der Waals surface area (Å²) >= 11 is 0. The maximum atomic E-state index is 14.2. The average Bonchev–Trinajstić information content (AvgIpc) is 3.22. The van der Waals surface area contributed by atoms with Crippen molar-refractivity contribution in [2.24, 2.45) is 0 Å². The van der Waals surface area contributed by atoms with E-state index >= 15 is 0 Å². The van der Waals surface area contributed by atoms with Crippen molar-refractivity contribution >= 4 is 17.3 Å². The molecule has 9 heteroatoms. The van der Waals surface area contributed by atoms with E-state index in [0.717, 1.165) is 29.3 Å². The minimum absolute atomic E-state index is 0.246. The summed E-state index contributed by atoms with van der Waals surface area (Å²) in [5.74, 6) is -0.769. The summed E-state index contributed by atoms with van der Waals surface area (Å²) in [6.07, 6.45) is 2.57. The monoisotopic (exact) mass is 345 g/mol. The molecule has 25 heavy (non-hydrogen) atoms. The van der Waals surface area contributed by atoms with Gasteiger partial charge in [0, 0.05) is 18.2 Å². The van der Waals surface area contributed by atoms with Crippen molar-refractivity contribution in [2.75, 3.05) is 11.4 Å². The van der Waals surface area contributed by atoms with Crippen LogP contribution in [0.2, 0.25) is 0 Å². The van der Waals surface area contributed by atoms with E-state index < -0.39 is 16.6 Å². The van der Waals surface area contributed by atoms with E-state index in [2.05, 4.69) is 10.1 Å². The van der Waals surface area contributed by atoms with Crippen LogP contribution in [-0.2, 0) is 0 Å². The van der Waals surface area contributed by atoms with Gasteiger partial charge in [-0.3, -0.25) is 0 Å². The Balaban J connectivity index is 1.77. The molecular weight excluding hydrogens is 332 g/mol. The van der Waals surface area contributed by atoms with E-state index in [0.29, 0.717) is 24.4 Å². The molecule has 3 heterocycles. The number of imidazole rings is 1. The van der Waals surface area contributed by atoms with Gasteiger partial charge in [-0.1, -0.05) is 9.61 Å². The van der Waals surface area contributed by atoms with Gasteiger partial charge >= 0.3 is 5.82 Å². The molecule has 1 aromatic carbocycles. The summed E-state index contributed by atoms with van der Waals surface area (Å²) in [7, 11) is 0. The molecule has 1 atom stereocenters. The van der Waals surface area contributed by atoms with Crippen molar-refractivity contribution in [2.45, 2.75) is 18.9 Å². The van der Waals surface area contributed by atoms with Gasteiger partial charge in [-0.25, -0.2) is 13.8 Å². The molecule has 3 aromatic rings. The number of fused-ring (bicyclic) bond motifs is 1. The number of hydrogen-bond donors (Lipinski definition) is 0. The number of nitro groups is 1. The predicted molar refractivity (Wildman–Crippen MR) is 85.3 cm³/mol. The molecule has 0 bridgehead atoms. The van der Waals surface area contributed by atoms with E-state index in [4.69, 9.17) is 0 Å². The van der Waals surface area contributed by atoms with Crippen molar-refractivity contribution in [3.63, 3.8) is 0 Å². The highest BCUT2D eigenvalue weighted by atomic mass is 19.1. The Hall–Kier alpha value is -3.10. The Morgan fingerprint density at radius 3 is 2.88 bits per heavy atom. The molecule has 0 spiro atoms. The van der Waals surface area contributed by atoms with Gasteiger partial charge in [-0.05, 0) is 42.0 Å². The number of rotatable bonds is 3. The molecule has 7 nitrogen and oxygen atoms in total. The van der Waals surface area contributed by atoms with E-state index in [1.807, 2.05) is 4.90 Å². The van der Waals surface area contributed by atoms with Gasteiger partial charge in [0.1, 0.15) is 17.8 Å². The SMILES string of the molecule is O=[N+]([O-])c1cnc2ccc(N3CCCC3c3cc(F)ccc3F)nn12. The molecule has 1 fully saturated rings. The number of hydrogen-bond acceptors (Lipinski definition) is 5. The number of anilines is 1. The lowest BCUT2D eigenvalue weighted by molar-refractivity contribution is -0.391. The number of benzene rings is 1. The minimum atomic E-state index is -0.565. The zero-order valence-electron chi connectivity index (χ0n) is 13.0. The summed E-state index contributed by atoms with van der Waals surface area (Å²) in [6.45, 7) is 0.599. The van der Waals surface area contributed by atoms with Gasteiger partial charge in [0.2, 0.25) is 5.65 Å². The van der Waals surface area contributed by atoms with Crippen LogP contribution in [0.5, 0.6) is 0 Å². The summed E-state index contributed by atoms with van der Waals surface area (Å²) in [5, 5.41) is 15.4. The Kier molecular flexibility index (Phi) is 3.56. The van der Waals surface area contributed by atoms with Gasteiger partial charge in [-0.2, -0.15) is 0 Å². The predicted octanol–water partition coefficient (Wildman–Crippen LogP) is 3.26. The number of halogens is 2. The third kappa shape index (κ3) is 2.57. The topological polar surface area (TPSA) is 76.6 Å². The zero-order chi connectivity index (χ0) is 17.6. The standard InChI is InChI=1S/C16H13F2N5O2/c17-10-3-4-12(18)11(8-10)13-2-1-7-21(13)15-6-5-14-19-9-16(23(24)25)22(14)20-15/h3-6,8-9,13H,1-2,7H2. The second-order valence-corrected chi connectivity index (χ2v) is 5.85. The summed E-state index contributed by atoms with van der Waals surface area (Å²) in [6, 6.07) is 6.31. The molecule has 0 radical (unpaired) electrons. The maximum Gasteiger partial charge on any atom is 0.368 e. The minimum Gasteiger partial charge on any atom is -0.358 e. The van der Waals surface area contributed by atoms with E-state index in [1.54, 1.807) is 12.1 Å². The lowest BCUT2D eigenvalue weighted by Gasteiger charge is -2.25. The van der Waals surface area contributed by atoms with Gasteiger partial charge in [0.25, 0.3) is 0 Å². The largest absolute Gasteiger partial charge is 0.368 e. The fraction of sp³-hybridized carbons (Fsp3) is 0.250. The van der Waals surface area contributed by atoms with Crippen LogP contribution in [-0.4, -0.2) is 26.1 Å². The maximum absolute atomic E-state index is 14.2. The number of aromatic nitrogens is 3. The highest BCUT2D eigenvalue weighted by Crippen LogP contribution is 2.36. The molecule has 0 aliphatic carbocycles. The van der Waals surface area contributed by atoms with Crippen molar-refractivity contribution in [1.29, 1.82) is 0 Å². The fourth-order valence-corrected chi connectivity index (χ4v) is 3.26. The summed E-state index contributed by atoms with van der Waals surface area (Å²) in [4.78, 5) is 16.3. The van der Waals surface area contributed by atoms with Gasteiger partial charge < -0.3 is 15.0 Å². The lowest BCUT2D eigenvalue weighted by atomic mass is 10.0. The van der Waals surface area contributed by atoms with Gasteiger partial charge in [-0.15, -0.1) is 0 Å². The molecule has 2 aromatic heterocycles. The van der Waals surface area contributed by atoms with Crippen LogP contribution in [0, 0.1) is 21.7 Å². The first kappa shape index (κ1) is 15.4. The first-order chi connectivity index (χ1) is 12.0. The van der Waals surface area contributed by atoms with E-state index in [-0.39, 0.29) is 17.4 Å². The first-order valence-corrected chi connectivity index (χ1v) is 7.75. The third-order valence-electron chi connectivity index (χ3n) is 4.38. The third-order valence-corrected chi connectivity index (χ3v) is 4.38. The molecule has 1 aliphatic heterocycles. The molecule has 0 saturated carbocycles. The van der Waals surface area contributed by atoms with Crippen LogP contribution >= 0.6 is 0 Å². The smallest absolute Gasteiger partial charge is 0.358 e. The first-order valence-electron chi connectivity index (χ1n) is 7.75. The Bertz CT molecular complexity index is 974. The van der Waals surface area contributed by atoms with Crippen molar-refractivity contribution in [3.05, 3.63) is 63.8 Å². The molecule has 1 saturated heterocycles. The molecule has 0 amide bonds. The summed E-state index contributed by atoms with van der Waals surface area (Å²) in [5.41, 5.74) is 0.614. The van der Waals surface area contributed by atoms with Crippen molar-refractivity contribution in [1.82, 2.24) is 14.6 Å². The molecule has 4 rings (SSSR count). The highest BCUT2D eigenvalue weighted by Gasteiger charge is 2.31. The molecule has 0 N–H and O–H groups in total. The van der Waals surface area contributed by atoms with Crippen LogP contribution in [0.4, 0.5) is 20.4 Å². The van der Waals surface area contributed by atoms with Gasteiger partial charge in [0.05, 0.1) is 6.04 Å². The van der Waals surface area contributed by atoms with E-state index in [9.17, 15) is 18.9 Å². The molecule has 128 valence electrons. The van der Waals surface area contributed by atoms with Crippen LogP contribution in [0.25, 0.3) is 5.65 Å². The molecule has 1 unspecified atom stereocenters.